The molecular weight excluding hydrogens is 394 g/mol. The molecule has 7 nitrogen and oxygen atoms in total. The summed E-state index contributed by atoms with van der Waals surface area (Å²) < 4.78 is 10.6. The molecule has 3 aromatic rings. The van der Waals surface area contributed by atoms with E-state index in [0.717, 1.165) is 5.56 Å². The third-order valence-corrected chi connectivity index (χ3v) is 4.03. The lowest BCUT2D eigenvalue weighted by molar-refractivity contribution is -0.123. The number of nitrogens with zero attached hydrogens (tertiary/aromatic N) is 1. The van der Waals surface area contributed by atoms with Crippen LogP contribution in [0.3, 0.4) is 0 Å². The minimum atomic E-state index is -0.335. The lowest BCUT2D eigenvalue weighted by Gasteiger charge is -2.06. The quantitative estimate of drug-likeness (QED) is 0.439. The molecule has 0 aliphatic carbocycles. The van der Waals surface area contributed by atoms with E-state index in [-0.39, 0.29) is 18.4 Å². The van der Waals surface area contributed by atoms with Gasteiger partial charge in [0.2, 0.25) is 0 Å². The number of furan rings is 1. The number of halogens is 1. The molecule has 2 aromatic carbocycles. The van der Waals surface area contributed by atoms with Crippen molar-refractivity contribution in [2.24, 2.45) is 5.10 Å². The Balaban J connectivity index is 1.42. The molecule has 2 N–H and O–H groups in total. The minimum Gasteiger partial charge on any atom is -0.484 e. The third-order valence-electron chi connectivity index (χ3n) is 3.78. The van der Waals surface area contributed by atoms with E-state index in [4.69, 9.17) is 20.8 Å². The minimum absolute atomic E-state index is 0.106. The van der Waals surface area contributed by atoms with Crippen molar-refractivity contribution < 1.29 is 18.7 Å². The largest absolute Gasteiger partial charge is 0.484 e. The van der Waals surface area contributed by atoms with Gasteiger partial charge in [-0.05, 0) is 66.2 Å². The molecule has 1 heterocycles. The Morgan fingerprint density at radius 1 is 1.07 bits per heavy atom. The number of hydrazone groups is 1. The monoisotopic (exact) mass is 411 g/mol. The van der Waals surface area contributed by atoms with Crippen LogP contribution < -0.4 is 15.5 Å². The first kappa shape index (κ1) is 20.2. The van der Waals surface area contributed by atoms with E-state index in [1.54, 1.807) is 66.9 Å². The Bertz CT molecular complexity index is 968. The summed E-state index contributed by atoms with van der Waals surface area (Å²) in [5.41, 5.74) is 3.66. The topological polar surface area (TPSA) is 92.9 Å². The first-order valence-electron chi connectivity index (χ1n) is 8.71. The third kappa shape index (κ3) is 6.51. The number of hydrogen-bond donors (Lipinski definition) is 2. The summed E-state index contributed by atoms with van der Waals surface area (Å²) in [4.78, 5) is 23.7. The SMILES string of the molecule is O=C(COc1ccc(/C=N/NC(=O)c2ccc(Cl)cc2)cc1)NCc1ccco1. The maximum atomic E-state index is 11.9. The molecule has 0 unspecified atom stereocenters. The molecule has 0 saturated carbocycles. The number of ether oxygens (including phenoxy) is 1. The van der Waals surface area contributed by atoms with Crippen LogP contribution in [0.4, 0.5) is 0 Å². The maximum absolute atomic E-state index is 11.9. The lowest BCUT2D eigenvalue weighted by atomic mass is 10.2. The Hall–Kier alpha value is -3.58. The van der Waals surface area contributed by atoms with Gasteiger partial charge in [0.25, 0.3) is 11.8 Å². The van der Waals surface area contributed by atoms with Crippen LogP contribution in [0.1, 0.15) is 21.7 Å². The van der Waals surface area contributed by atoms with E-state index in [9.17, 15) is 9.59 Å². The van der Waals surface area contributed by atoms with Crippen molar-refractivity contribution in [1.29, 1.82) is 0 Å². The highest BCUT2D eigenvalue weighted by Crippen LogP contribution is 2.11. The number of benzene rings is 2. The molecule has 0 saturated heterocycles. The van der Waals surface area contributed by atoms with Crippen molar-refractivity contribution in [3.05, 3.63) is 88.8 Å². The van der Waals surface area contributed by atoms with Crippen molar-refractivity contribution in [3.63, 3.8) is 0 Å². The van der Waals surface area contributed by atoms with Gasteiger partial charge in [-0.25, -0.2) is 5.43 Å². The summed E-state index contributed by atoms with van der Waals surface area (Å²) >= 11 is 5.79. The van der Waals surface area contributed by atoms with Crippen molar-refractivity contribution in [2.75, 3.05) is 6.61 Å². The normalized spacial score (nSPS) is 10.7. The van der Waals surface area contributed by atoms with Gasteiger partial charge in [0.1, 0.15) is 11.5 Å². The zero-order chi connectivity index (χ0) is 20.5. The fraction of sp³-hybridized carbons (Fsp3) is 0.0952. The van der Waals surface area contributed by atoms with Crippen LogP contribution >= 0.6 is 11.6 Å². The molecule has 1 aromatic heterocycles. The van der Waals surface area contributed by atoms with Crippen molar-refractivity contribution in [3.8, 4) is 5.75 Å². The van der Waals surface area contributed by atoms with Gasteiger partial charge in [0.05, 0.1) is 19.0 Å². The van der Waals surface area contributed by atoms with Crippen LogP contribution in [0.5, 0.6) is 5.75 Å². The number of rotatable bonds is 8. The van der Waals surface area contributed by atoms with Gasteiger partial charge in [0.15, 0.2) is 6.61 Å². The molecule has 0 atom stereocenters. The average Bonchev–Trinajstić information content (AvgIpc) is 3.26. The number of carbonyl (C=O) groups excluding carboxylic acids is 2. The molecule has 0 fully saturated rings. The summed E-state index contributed by atoms with van der Waals surface area (Å²) in [6.45, 7) is 0.206. The summed E-state index contributed by atoms with van der Waals surface area (Å²) in [5.74, 6) is 0.626. The van der Waals surface area contributed by atoms with E-state index in [1.807, 2.05) is 0 Å². The molecule has 2 amide bonds. The van der Waals surface area contributed by atoms with E-state index in [1.165, 1.54) is 6.21 Å². The lowest BCUT2D eigenvalue weighted by Crippen LogP contribution is -2.28. The van der Waals surface area contributed by atoms with E-state index in [2.05, 4.69) is 15.8 Å². The summed E-state index contributed by atoms with van der Waals surface area (Å²) in [6, 6.07) is 17.0. The fourth-order valence-electron chi connectivity index (χ4n) is 2.28. The predicted octanol–water partition coefficient (Wildman–Crippen LogP) is 3.39. The molecule has 148 valence electrons. The highest BCUT2D eigenvalue weighted by Gasteiger charge is 2.05. The highest BCUT2D eigenvalue weighted by molar-refractivity contribution is 6.30. The van der Waals surface area contributed by atoms with Gasteiger partial charge in [0, 0.05) is 10.6 Å². The summed E-state index contributed by atoms with van der Waals surface area (Å²) in [6.07, 6.45) is 3.06. The highest BCUT2D eigenvalue weighted by atomic mass is 35.5. The number of nitrogens with one attached hydrogen (secondary N) is 2. The number of hydrogen-bond acceptors (Lipinski definition) is 5. The second-order valence-corrected chi connectivity index (χ2v) is 6.36. The Morgan fingerprint density at radius 3 is 2.52 bits per heavy atom. The van der Waals surface area contributed by atoms with Crippen molar-refractivity contribution in [2.45, 2.75) is 6.54 Å². The molecular formula is C21H18ClN3O4. The van der Waals surface area contributed by atoms with Gasteiger partial charge < -0.3 is 14.5 Å². The van der Waals surface area contributed by atoms with Crippen LogP contribution in [0.25, 0.3) is 0 Å². The van der Waals surface area contributed by atoms with Gasteiger partial charge in [-0.3, -0.25) is 9.59 Å². The van der Waals surface area contributed by atoms with Crippen LogP contribution in [-0.2, 0) is 11.3 Å². The zero-order valence-corrected chi connectivity index (χ0v) is 16.1. The maximum Gasteiger partial charge on any atom is 0.271 e. The molecule has 8 heteroatoms. The Labute approximate surface area is 172 Å². The second kappa shape index (κ2) is 10.1. The van der Waals surface area contributed by atoms with Crippen molar-refractivity contribution in [1.82, 2.24) is 10.7 Å². The van der Waals surface area contributed by atoms with Crippen LogP contribution in [0.15, 0.2) is 76.4 Å². The molecule has 0 aliphatic heterocycles. The van der Waals surface area contributed by atoms with Gasteiger partial charge in [-0.1, -0.05) is 11.6 Å². The standard InChI is InChI=1S/C21H18ClN3O4/c22-17-7-5-16(6-8-17)21(27)25-24-12-15-3-9-18(10-4-15)29-14-20(26)23-13-19-2-1-11-28-19/h1-12H,13-14H2,(H,23,26)(H,25,27)/b24-12+. The number of carbonyl (C=O) groups is 2. The molecule has 0 aliphatic rings. The van der Waals surface area contributed by atoms with Crippen LogP contribution in [0.2, 0.25) is 5.02 Å². The number of amides is 2. The Kier molecular flexibility index (Phi) is 7.02. The predicted molar refractivity (Wildman–Crippen MR) is 109 cm³/mol. The van der Waals surface area contributed by atoms with Crippen LogP contribution in [-0.4, -0.2) is 24.6 Å². The second-order valence-electron chi connectivity index (χ2n) is 5.92. The smallest absolute Gasteiger partial charge is 0.271 e. The molecule has 0 bridgehead atoms. The van der Waals surface area contributed by atoms with Gasteiger partial charge in [-0.15, -0.1) is 0 Å². The Morgan fingerprint density at radius 2 is 1.83 bits per heavy atom. The molecule has 29 heavy (non-hydrogen) atoms. The molecule has 0 radical (unpaired) electrons. The fourth-order valence-corrected chi connectivity index (χ4v) is 2.41. The average molecular weight is 412 g/mol. The molecule has 0 spiro atoms. The summed E-state index contributed by atoms with van der Waals surface area (Å²) in [5, 5.41) is 7.17. The van der Waals surface area contributed by atoms with Gasteiger partial charge >= 0.3 is 0 Å². The van der Waals surface area contributed by atoms with Gasteiger partial charge in [-0.2, -0.15) is 5.10 Å². The van der Waals surface area contributed by atoms with Crippen LogP contribution in [0, 0.1) is 0 Å². The molecule has 3 rings (SSSR count). The van der Waals surface area contributed by atoms with Crippen molar-refractivity contribution >= 4 is 29.6 Å². The zero-order valence-electron chi connectivity index (χ0n) is 15.3. The summed E-state index contributed by atoms with van der Waals surface area (Å²) in [7, 11) is 0. The van der Waals surface area contributed by atoms with E-state index in [0.29, 0.717) is 28.6 Å². The van der Waals surface area contributed by atoms with E-state index >= 15 is 0 Å². The first-order valence-corrected chi connectivity index (χ1v) is 9.09. The van der Waals surface area contributed by atoms with E-state index < -0.39 is 0 Å². The first-order chi connectivity index (χ1) is 14.1.